The third-order valence-corrected chi connectivity index (χ3v) is 6.73. The van der Waals surface area contributed by atoms with Crippen molar-refractivity contribution in [3.63, 3.8) is 0 Å². The van der Waals surface area contributed by atoms with Gasteiger partial charge in [0, 0.05) is 17.8 Å². The predicted molar refractivity (Wildman–Crippen MR) is 68.8 cm³/mol. The van der Waals surface area contributed by atoms with Gasteiger partial charge in [-0.25, -0.2) is 0 Å². The Morgan fingerprint density at radius 3 is 2.28 bits per heavy atom. The van der Waals surface area contributed by atoms with Gasteiger partial charge in [0.25, 0.3) is 0 Å². The zero-order valence-electron chi connectivity index (χ0n) is 11.8. The van der Waals surface area contributed by atoms with Crippen LogP contribution in [0.3, 0.4) is 0 Å². The van der Waals surface area contributed by atoms with Crippen molar-refractivity contribution in [3.05, 3.63) is 0 Å². The molecule has 3 aliphatic rings. The summed E-state index contributed by atoms with van der Waals surface area (Å²) in [7, 11) is 0. The molecule has 3 fully saturated rings. The van der Waals surface area contributed by atoms with Crippen molar-refractivity contribution in [1.29, 1.82) is 0 Å². The molecule has 0 aromatic rings. The highest BCUT2D eigenvalue weighted by Gasteiger charge is 2.75. The van der Waals surface area contributed by atoms with Gasteiger partial charge in [-0.15, -0.1) is 0 Å². The summed E-state index contributed by atoms with van der Waals surface area (Å²) in [6.45, 7) is 8.27. The fraction of sp³-hybridized carbons (Fsp3) is 1.00. The summed E-state index contributed by atoms with van der Waals surface area (Å²) in [6, 6.07) is 0. The van der Waals surface area contributed by atoms with E-state index in [-0.39, 0.29) is 16.7 Å². The van der Waals surface area contributed by atoms with Crippen LogP contribution in [0.4, 0.5) is 0 Å². The first kappa shape index (κ1) is 12.9. The number of fused-ring (bicyclic) bond motifs is 1. The molecule has 3 saturated carbocycles. The molecule has 1 unspecified atom stereocenters. The largest absolute Gasteiger partial charge is 0.392 e. The Balaban J connectivity index is 2.19. The van der Waals surface area contributed by atoms with E-state index in [0.717, 1.165) is 12.8 Å². The van der Waals surface area contributed by atoms with Gasteiger partial charge in [0.2, 0.25) is 0 Å². The lowest BCUT2D eigenvalue weighted by molar-refractivity contribution is -0.191. The SMILES string of the molecule is C[C@@H]1CC[C@H]2C(C)(C)[C@H]3C(O)[C@@]12[C@@H](O)C[C@@]3(C)O. The Morgan fingerprint density at radius 1 is 1.06 bits per heavy atom. The van der Waals surface area contributed by atoms with Gasteiger partial charge in [-0.05, 0) is 37.0 Å². The maximum atomic E-state index is 10.9. The quantitative estimate of drug-likeness (QED) is 0.614. The molecule has 1 spiro atoms. The van der Waals surface area contributed by atoms with E-state index in [4.69, 9.17) is 0 Å². The summed E-state index contributed by atoms with van der Waals surface area (Å²) in [5.41, 5.74) is -1.45. The summed E-state index contributed by atoms with van der Waals surface area (Å²) < 4.78 is 0. The average Bonchev–Trinajstić information content (AvgIpc) is 2.59. The second-order valence-electron chi connectivity index (χ2n) is 7.85. The van der Waals surface area contributed by atoms with E-state index < -0.39 is 17.8 Å². The van der Waals surface area contributed by atoms with Crippen LogP contribution in [0.2, 0.25) is 0 Å². The highest BCUT2D eigenvalue weighted by molar-refractivity contribution is 5.24. The smallest absolute Gasteiger partial charge is 0.0702 e. The van der Waals surface area contributed by atoms with Crippen molar-refractivity contribution >= 4 is 0 Å². The number of hydrogen-bond donors (Lipinski definition) is 3. The van der Waals surface area contributed by atoms with Crippen molar-refractivity contribution in [2.45, 2.75) is 64.8 Å². The molecule has 0 aromatic carbocycles. The van der Waals surface area contributed by atoms with Gasteiger partial charge in [0.15, 0.2) is 0 Å². The molecule has 18 heavy (non-hydrogen) atoms. The molecule has 3 rings (SSSR count). The first-order valence-electron chi connectivity index (χ1n) is 7.25. The van der Waals surface area contributed by atoms with E-state index in [2.05, 4.69) is 20.8 Å². The molecule has 3 heteroatoms. The fourth-order valence-corrected chi connectivity index (χ4v) is 6.28. The van der Waals surface area contributed by atoms with Crippen molar-refractivity contribution < 1.29 is 15.3 Å². The Bertz CT molecular complexity index is 376. The summed E-state index contributed by atoms with van der Waals surface area (Å²) in [6.07, 6.45) is 1.39. The molecule has 0 amide bonds. The zero-order chi connectivity index (χ0) is 13.5. The van der Waals surface area contributed by atoms with Gasteiger partial charge >= 0.3 is 0 Å². The summed E-state index contributed by atoms with van der Waals surface area (Å²) in [5, 5.41) is 32.2. The van der Waals surface area contributed by atoms with Crippen molar-refractivity contribution in [3.8, 4) is 0 Å². The van der Waals surface area contributed by atoms with Gasteiger partial charge in [0.1, 0.15) is 0 Å². The predicted octanol–water partition coefficient (Wildman–Crippen LogP) is 1.55. The molecule has 3 N–H and O–H groups in total. The fourth-order valence-electron chi connectivity index (χ4n) is 6.28. The topological polar surface area (TPSA) is 60.7 Å². The minimum Gasteiger partial charge on any atom is -0.392 e. The monoisotopic (exact) mass is 254 g/mol. The van der Waals surface area contributed by atoms with Crippen molar-refractivity contribution in [2.75, 3.05) is 0 Å². The molecule has 0 radical (unpaired) electrons. The molecule has 3 nitrogen and oxygen atoms in total. The van der Waals surface area contributed by atoms with E-state index in [1.807, 2.05) is 0 Å². The van der Waals surface area contributed by atoms with Crippen LogP contribution in [0.5, 0.6) is 0 Å². The number of hydrogen-bond acceptors (Lipinski definition) is 3. The lowest BCUT2D eigenvalue weighted by Crippen LogP contribution is -2.59. The van der Waals surface area contributed by atoms with Crippen LogP contribution in [0.15, 0.2) is 0 Å². The van der Waals surface area contributed by atoms with Crippen LogP contribution in [-0.2, 0) is 0 Å². The first-order valence-corrected chi connectivity index (χ1v) is 7.25. The standard InChI is InChI=1S/C15H26O3/c1-8-5-6-9-13(2,3)11-12(17)15(8,9)10(16)7-14(11,4)18/h8-12,16-18H,5-7H2,1-4H3/t8-,9+,10+,11-,12?,14-,15+/m1/s1. The van der Waals surface area contributed by atoms with Crippen LogP contribution in [-0.4, -0.2) is 33.1 Å². The molecule has 104 valence electrons. The van der Waals surface area contributed by atoms with Crippen molar-refractivity contribution in [1.82, 2.24) is 0 Å². The molecule has 0 saturated heterocycles. The molecule has 0 aliphatic heterocycles. The van der Waals surface area contributed by atoms with Gasteiger partial charge in [-0.1, -0.05) is 20.8 Å². The van der Waals surface area contributed by atoms with Gasteiger partial charge in [0.05, 0.1) is 17.8 Å². The minimum atomic E-state index is -0.961. The van der Waals surface area contributed by atoms with Crippen molar-refractivity contribution in [2.24, 2.45) is 28.6 Å². The lowest BCUT2D eigenvalue weighted by Gasteiger charge is -2.50. The van der Waals surface area contributed by atoms with Crippen LogP contribution in [0.25, 0.3) is 0 Å². The molecule has 2 bridgehead atoms. The molecule has 7 atom stereocenters. The first-order chi connectivity index (χ1) is 8.16. The van der Waals surface area contributed by atoms with Gasteiger partial charge < -0.3 is 15.3 Å². The Morgan fingerprint density at radius 2 is 1.67 bits per heavy atom. The van der Waals surface area contributed by atoms with Gasteiger partial charge in [-0.2, -0.15) is 0 Å². The summed E-state index contributed by atoms with van der Waals surface area (Å²) in [5.74, 6) is 0.540. The molecule has 3 aliphatic carbocycles. The number of aliphatic hydroxyl groups is 3. The van der Waals surface area contributed by atoms with Gasteiger partial charge in [-0.3, -0.25) is 0 Å². The van der Waals surface area contributed by atoms with E-state index in [1.165, 1.54) is 0 Å². The normalized spacial score (nSPS) is 61.8. The van der Waals surface area contributed by atoms with E-state index in [1.54, 1.807) is 6.92 Å². The van der Waals surface area contributed by atoms with Crippen LogP contribution in [0.1, 0.15) is 47.0 Å². The van der Waals surface area contributed by atoms with Crippen LogP contribution < -0.4 is 0 Å². The lowest BCUT2D eigenvalue weighted by atomic mass is 9.60. The Kier molecular flexibility index (Phi) is 2.37. The molecule has 0 heterocycles. The minimum absolute atomic E-state index is 0.106. The second-order valence-corrected chi connectivity index (χ2v) is 7.85. The highest BCUT2D eigenvalue weighted by atomic mass is 16.3. The Hall–Kier alpha value is -0.120. The van der Waals surface area contributed by atoms with E-state index in [0.29, 0.717) is 18.3 Å². The van der Waals surface area contributed by atoms with E-state index >= 15 is 0 Å². The number of aliphatic hydroxyl groups excluding tert-OH is 2. The van der Waals surface area contributed by atoms with Crippen LogP contribution >= 0.6 is 0 Å². The third-order valence-electron chi connectivity index (χ3n) is 6.73. The maximum Gasteiger partial charge on any atom is 0.0702 e. The zero-order valence-corrected chi connectivity index (χ0v) is 11.8. The summed E-state index contributed by atoms with van der Waals surface area (Å²) >= 11 is 0. The maximum absolute atomic E-state index is 10.9. The average molecular weight is 254 g/mol. The molecular formula is C15H26O3. The summed E-state index contributed by atoms with van der Waals surface area (Å²) in [4.78, 5) is 0. The molecule has 0 aromatic heterocycles. The highest BCUT2D eigenvalue weighted by Crippen LogP contribution is 2.72. The number of rotatable bonds is 0. The Labute approximate surface area is 109 Å². The third kappa shape index (κ3) is 1.13. The second kappa shape index (κ2) is 3.31. The molecular weight excluding hydrogens is 228 g/mol. The van der Waals surface area contributed by atoms with Crippen LogP contribution in [0, 0.1) is 28.6 Å². The van der Waals surface area contributed by atoms with E-state index in [9.17, 15) is 15.3 Å².